The van der Waals surface area contributed by atoms with E-state index in [9.17, 15) is 0 Å². The molecule has 0 aromatic rings. The van der Waals surface area contributed by atoms with Gasteiger partial charge in [0.05, 0.1) is 18.8 Å². The zero-order chi connectivity index (χ0) is 8.86. The monoisotopic (exact) mass is 172 g/mol. The lowest BCUT2D eigenvalue weighted by atomic mass is 9.96. The van der Waals surface area contributed by atoms with Crippen LogP contribution in [0.3, 0.4) is 0 Å². The molecular formula is C10H20O2. The van der Waals surface area contributed by atoms with Crippen molar-refractivity contribution in [1.82, 2.24) is 0 Å². The van der Waals surface area contributed by atoms with Crippen molar-refractivity contribution in [3.05, 3.63) is 0 Å². The van der Waals surface area contributed by atoms with Gasteiger partial charge in [0, 0.05) is 0 Å². The number of rotatable bonds is 5. The van der Waals surface area contributed by atoms with E-state index in [1.54, 1.807) is 0 Å². The van der Waals surface area contributed by atoms with Gasteiger partial charge in [-0.05, 0) is 19.3 Å². The molecule has 1 aliphatic carbocycles. The minimum Gasteiger partial charge on any atom is -0.394 e. The van der Waals surface area contributed by atoms with Gasteiger partial charge >= 0.3 is 0 Å². The molecule has 0 aliphatic heterocycles. The van der Waals surface area contributed by atoms with Crippen molar-refractivity contribution in [3.8, 4) is 0 Å². The molecule has 0 saturated heterocycles. The highest BCUT2D eigenvalue weighted by Gasteiger charge is 2.33. The average molecular weight is 172 g/mol. The quantitative estimate of drug-likeness (QED) is 0.688. The molecule has 0 radical (unpaired) electrons. The van der Waals surface area contributed by atoms with Crippen molar-refractivity contribution in [2.45, 2.75) is 51.0 Å². The molecule has 1 aliphatic rings. The molecule has 1 saturated carbocycles. The van der Waals surface area contributed by atoms with Crippen LogP contribution in [0.4, 0.5) is 0 Å². The molecule has 0 heterocycles. The van der Waals surface area contributed by atoms with Crippen LogP contribution >= 0.6 is 0 Å². The SMILES string of the molecule is CCCC1(OCCO)CCCC1. The summed E-state index contributed by atoms with van der Waals surface area (Å²) in [5, 5.41) is 8.68. The maximum atomic E-state index is 8.68. The lowest BCUT2D eigenvalue weighted by Gasteiger charge is -2.28. The van der Waals surface area contributed by atoms with E-state index in [0.29, 0.717) is 6.61 Å². The van der Waals surface area contributed by atoms with Crippen molar-refractivity contribution in [3.63, 3.8) is 0 Å². The largest absolute Gasteiger partial charge is 0.394 e. The fraction of sp³-hybridized carbons (Fsp3) is 1.00. The Bertz CT molecular complexity index is 117. The van der Waals surface area contributed by atoms with Gasteiger partial charge in [-0.15, -0.1) is 0 Å². The van der Waals surface area contributed by atoms with E-state index in [-0.39, 0.29) is 12.2 Å². The summed E-state index contributed by atoms with van der Waals surface area (Å²) in [6, 6.07) is 0. The number of aliphatic hydroxyl groups is 1. The number of hydrogen-bond donors (Lipinski definition) is 1. The van der Waals surface area contributed by atoms with Crippen LogP contribution in [0.1, 0.15) is 45.4 Å². The van der Waals surface area contributed by atoms with Crippen molar-refractivity contribution in [1.29, 1.82) is 0 Å². The Morgan fingerprint density at radius 1 is 1.33 bits per heavy atom. The van der Waals surface area contributed by atoms with Gasteiger partial charge in [-0.3, -0.25) is 0 Å². The van der Waals surface area contributed by atoms with Crippen molar-refractivity contribution in [2.24, 2.45) is 0 Å². The second-order valence-electron chi connectivity index (χ2n) is 3.71. The van der Waals surface area contributed by atoms with Crippen LogP contribution in [0, 0.1) is 0 Å². The summed E-state index contributed by atoms with van der Waals surface area (Å²) in [5.41, 5.74) is 0.136. The summed E-state index contributed by atoms with van der Waals surface area (Å²) in [7, 11) is 0. The van der Waals surface area contributed by atoms with Gasteiger partial charge in [0.1, 0.15) is 0 Å². The zero-order valence-electron chi connectivity index (χ0n) is 8.01. The first kappa shape index (κ1) is 10.0. The highest BCUT2D eigenvalue weighted by Crippen LogP contribution is 2.36. The zero-order valence-corrected chi connectivity index (χ0v) is 8.01. The summed E-state index contributed by atoms with van der Waals surface area (Å²) in [4.78, 5) is 0. The normalized spacial score (nSPS) is 21.5. The lowest BCUT2D eigenvalue weighted by Crippen LogP contribution is -2.29. The Kier molecular flexibility index (Phi) is 4.02. The molecule has 72 valence electrons. The van der Waals surface area contributed by atoms with Gasteiger partial charge in [0.25, 0.3) is 0 Å². The molecule has 0 aromatic carbocycles. The molecule has 0 unspecified atom stereocenters. The maximum absolute atomic E-state index is 8.68. The minimum absolute atomic E-state index is 0.136. The lowest BCUT2D eigenvalue weighted by molar-refractivity contribution is -0.0593. The van der Waals surface area contributed by atoms with Crippen LogP contribution in [0.15, 0.2) is 0 Å². The molecule has 0 amide bonds. The van der Waals surface area contributed by atoms with Gasteiger partial charge in [-0.2, -0.15) is 0 Å². The molecule has 12 heavy (non-hydrogen) atoms. The molecular weight excluding hydrogens is 152 g/mol. The minimum atomic E-state index is 0.136. The van der Waals surface area contributed by atoms with Crippen LogP contribution in [0.2, 0.25) is 0 Å². The number of ether oxygens (including phenoxy) is 1. The van der Waals surface area contributed by atoms with E-state index in [1.165, 1.54) is 32.1 Å². The third kappa shape index (κ3) is 2.46. The summed E-state index contributed by atoms with van der Waals surface area (Å²) in [5.74, 6) is 0. The fourth-order valence-electron chi connectivity index (χ4n) is 2.20. The predicted molar refractivity (Wildman–Crippen MR) is 49.1 cm³/mol. The first-order valence-corrected chi connectivity index (χ1v) is 5.08. The van der Waals surface area contributed by atoms with Crippen LogP contribution in [-0.2, 0) is 4.74 Å². The van der Waals surface area contributed by atoms with Crippen molar-refractivity contribution >= 4 is 0 Å². The summed E-state index contributed by atoms with van der Waals surface area (Å²) in [6.07, 6.45) is 7.33. The van der Waals surface area contributed by atoms with E-state index < -0.39 is 0 Å². The molecule has 2 heteroatoms. The van der Waals surface area contributed by atoms with Gasteiger partial charge < -0.3 is 9.84 Å². The Hall–Kier alpha value is -0.0800. The van der Waals surface area contributed by atoms with Crippen LogP contribution < -0.4 is 0 Å². The molecule has 0 aromatic heterocycles. The van der Waals surface area contributed by atoms with E-state index in [1.807, 2.05) is 0 Å². The van der Waals surface area contributed by atoms with Gasteiger partial charge in [-0.1, -0.05) is 26.2 Å². The fourth-order valence-corrected chi connectivity index (χ4v) is 2.20. The van der Waals surface area contributed by atoms with Gasteiger partial charge in [0.2, 0.25) is 0 Å². The smallest absolute Gasteiger partial charge is 0.0705 e. The molecule has 1 N–H and O–H groups in total. The van der Waals surface area contributed by atoms with Crippen LogP contribution in [0.25, 0.3) is 0 Å². The molecule has 1 rings (SSSR count). The van der Waals surface area contributed by atoms with Gasteiger partial charge in [0.15, 0.2) is 0 Å². The van der Waals surface area contributed by atoms with E-state index in [4.69, 9.17) is 9.84 Å². The maximum Gasteiger partial charge on any atom is 0.0705 e. The Balaban J connectivity index is 2.35. The summed E-state index contributed by atoms with van der Waals surface area (Å²) < 4.78 is 5.73. The molecule has 0 atom stereocenters. The second kappa shape index (κ2) is 4.83. The standard InChI is InChI=1S/C10H20O2/c1-2-5-10(12-9-8-11)6-3-4-7-10/h11H,2-9H2,1H3. The molecule has 0 bridgehead atoms. The Morgan fingerprint density at radius 3 is 2.50 bits per heavy atom. The Labute approximate surface area is 74.9 Å². The molecule has 1 fully saturated rings. The Morgan fingerprint density at radius 2 is 2.00 bits per heavy atom. The van der Waals surface area contributed by atoms with Crippen LogP contribution in [-0.4, -0.2) is 23.9 Å². The van der Waals surface area contributed by atoms with Gasteiger partial charge in [-0.25, -0.2) is 0 Å². The highest BCUT2D eigenvalue weighted by molar-refractivity contribution is 4.85. The van der Waals surface area contributed by atoms with Crippen molar-refractivity contribution in [2.75, 3.05) is 13.2 Å². The molecule has 2 nitrogen and oxygen atoms in total. The summed E-state index contributed by atoms with van der Waals surface area (Å²) in [6.45, 7) is 2.87. The molecule has 0 spiro atoms. The van der Waals surface area contributed by atoms with Crippen LogP contribution in [0.5, 0.6) is 0 Å². The predicted octanol–water partition coefficient (Wildman–Crippen LogP) is 2.11. The first-order valence-electron chi connectivity index (χ1n) is 5.08. The topological polar surface area (TPSA) is 29.5 Å². The first-order chi connectivity index (χ1) is 5.83. The third-order valence-electron chi connectivity index (χ3n) is 2.72. The summed E-state index contributed by atoms with van der Waals surface area (Å²) >= 11 is 0. The second-order valence-corrected chi connectivity index (χ2v) is 3.71. The third-order valence-corrected chi connectivity index (χ3v) is 2.72. The van der Waals surface area contributed by atoms with E-state index in [0.717, 1.165) is 6.42 Å². The van der Waals surface area contributed by atoms with E-state index in [2.05, 4.69) is 6.92 Å². The van der Waals surface area contributed by atoms with Crippen molar-refractivity contribution < 1.29 is 9.84 Å². The number of aliphatic hydroxyl groups excluding tert-OH is 1. The average Bonchev–Trinajstić information content (AvgIpc) is 2.51. The number of hydrogen-bond acceptors (Lipinski definition) is 2. The highest BCUT2D eigenvalue weighted by atomic mass is 16.5. The van der Waals surface area contributed by atoms with E-state index >= 15 is 0 Å².